The summed E-state index contributed by atoms with van der Waals surface area (Å²) >= 11 is 3.50. The van der Waals surface area contributed by atoms with E-state index in [0.717, 1.165) is 27.8 Å². The van der Waals surface area contributed by atoms with Crippen molar-refractivity contribution in [2.24, 2.45) is 5.92 Å². The molecule has 2 aromatic rings. The average Bonchev–Trinajstić information content (AvgIpc) is 2.45. The van der Waals surface area contributed by atoms with Crippen molar-refractivity contribution < 1.29 is 0 Å². The van der Waals surface area contributed by atoms with Crippen LogP contribution in [0.2, 0.25) is 0 Å². The number of halogens is 1. The molecule has 0 bridgehead atoms. The van der Waals surface area contributed by atoms with Crippen LogP contribution in [0.1, 0.15) is 25.2 Å². The zero-order valence-corrected chi connectivity index (χ0v) is 10.9. The van der Waals surface area contributed by atoms with Gasteiger partial charge < -0.3 is 4.98 Å². The Balaban J connectivity index is 2.50. The molecular weight excluding hydrogens is 252 g/mol. The van der Waals surface area contributed by atoms with E-state index in [1.807, 2.05) is 0 Å². The second-order valence-electron chi connectivity index (χ2n) is 4.40. The summed E-state index contributed by atoms with van der Waals surface area (Å²) in [5, 5.41) is 0. The van der Waals surface area contributed by atoms with Crippen LogP contribution in [-0.4, -0.2) is 9.97 Å². The number of hydrogen-bond acceptors (Lipinski definition) is 1. The van der Waals surface area contributed by atoms with E-state index in [1.165, 1.54) is 5.56 Å². The van der Waals surface area contributed by atoms with Gasteiger partial charge in [0.1, 0.15) is 5.82 Å². The van der Waals surface area contributed by atoms with E-state index < -0.39 is 0 Å². The molecule has 3 heteroatoms. The Labute approximate surface area is 98.2 Å². The van der Waals surface area contributed by atoms with Crippen molar-refractivity contribution in [3.63, 3.8) is 0 Å². The highest BCUT2D eigenvalue weighted by atomic mass is 79.9. The predicted octanol–water partition coefficient (Wildman–Crippen LogP) is 3.83. The van der Waals surface area contributed by atoms with Crippen molar-refractivity contribution in [2.45, 2.75) is 27.2 Å². The smallest absolute Gasteiger partial charge is 0.107 e. The Morgan fingerprint density at radius 1 is 1.40 bits per heavy atom. The van der Waals surface area contributed by atoms with E-state index >= 15 is 0 Å². The molecule has 0 aliphatic carbocycles. The van der Waals surface area contributed by atoms with Gasteiger partial charge in [0.05, 0.1) is 11.0 Å². The third-order valence-electron chi connectivity index (χ3n) is 2.39. The lowest BCUT2D eigenvalue weighted by Crippen LogP contribution is -1.95. The van der Waals surface area contributed by atoms with Crippen LogP contribution < -0.4 is 0 Å². The molecule has 0 aliphatic rings. The van der Waals surface area contributed by atoms with E-state index in [2.05, 4.69) is 58.8 Å². The molecule has 1 aromatic carbocycles. The van der Waals surface area contributed by atoms with Crippen molar-refractivity contribution in [3.8, 4) is 0 Å². The van der Waals surface area contributed by atoms with Crippen molar-refractivity contribution in [3.05, 3.63) is 28.0 Å². The molecule has 0 atom stereocenters. The number of rotatable bonds is 2. The van der Waals surface area contributed by atoms with Crippen LogP contribution in [0.5, 0.6) is 0 Å². The molecule has 2 nitrogen and oxygen atoms in total. The predicted molar refractivity (Wildman–Crippen MR) is 67.1 cm³/mol. The Morgan fingerprint density at radius 2 is 2.13 bits per heavy atom. The molecule has 0 saturated heterocycles. The van der Waals surface area contributed by atoms with E-state index in [-0.39, 0.29) is 0 Å². The van der Waals surface area contributed by atoms with Gasteiger partial charge >= 0.3 is 0 Å². The summed E-state index contributed by atoms with van der Waals surface area (Å²) in [5.41, 5.74) is 3.43. The van der Waals surface area contributed by atoms with Gasteiger partial charge in [0.25, 0.3) is 0 Å². The van der Waals surface area contributed by atoms with Crippen LogP contribution >= 0.6 is 15.9 Å². The number of benzene rings is 1. The van der Waals surface area contributed by atoms with Crippen LogP contribution in [0.25, 0.3) is 11.0 Å². The second-order valence-corrected chi connectivity index (χ2v) is 5.32. The van der Waals surface area contributed by atoms with Gasteiger partial charge in [-0.3, -0.25) is 0 Å². The van der Waals surface area contributed by atoms with Crippen LogP contribution in [0.4, 0.5) is 0 Å². The number of aromatic amines is 1. The topological polar surface area (TPSA) is 28.7 Å². The number of H-pyrrole nitrogens is 1. The molecule has 0 aliphatic heterocycles. The third-order valence-corrected chi connectivity index (χ3v) is 2.85. The first-order valence-electron chi connectivity index (χ1n) is 5.21. The molecule has 80 valence electrons. The van der Waals surface area contributed by atoms with Crippen molar-refractivity contribution in [1.82, 2.24) is 9.97 Å². The maximum atomic E-state index is 4.62. The molecule has 0 amide bonds. The summed E-state index contributed by atoms with van der Waals surface area (Å²) in [6, 6.07) is 4.18. The van der Waals surface area contributed by atoms with E-state index in [0.29, 0.717) is 5.92 Å². The summed E-state index contributed by atoms with van der Waals surface area (Å²) in [5.74, 6) is 1.72. The molecule has 0 radical (unpaired) electrons. The zero-order chi connectivity index (χ0) is 11.0. The minimum absolute atomic E-state index is 0.634. The normalized spacial score (nSPS) is 11.5. The van der Waals surface area contributed by atoms with Crippen molar-refractivity contribution >= 4 is 27.0 Å². The minimum Gasteiger partial charge on any atom is -0.342 e. The fourth-order valence-corrected chi connectivity index (χ4v) is 2.35. The van der Waals surface area contributed by atoms with Crippen molar-refractivity contribution in [1.29, 1.82) is 0 Å². The van der Waals surface area contributed by atoms with Gasteiger partial charge in [-0.1, -0.05) is 29.8 Å². The maximum Gasteiger partial charge on any atom is 0.107 e. The first-order valence-corrected chi connectivity index (χ1v) is 6.00. The number of imidazole rings is 1. The quantitative estimate of drug-likeness (QED) is 0.880. The lowest BCUT2D eigenvalue weighted by molar-refractivity contribution is 0.627. The molecule has 1 N–H and O–H groups in total. The SMILES string of the molecule is Cc1cc(Br)cc2[nH]c(CC(C)C)nc12. The van der Waals surface area contributed by atoms with Gasteiger partial charge in [0.15, 0.2) is 0 Å². The van der Waals surface area contributed by atoms with E-state index in [1.54, 1.807) is 0 Å². The number of fused-ring (bicyclic) bond motifs is 1. The van der Waals surface area contributed by atoms with Crippen LogP contribution in [0.15, 0.2) is 16.6 Å². The van der Waals surface area contributed by atoms with Crippen LogP contribution in [-0.2, 0) is 6.42 Å². The molecule has 0 spiro atoms. The Bertz CT molecular complexity index is 486. The molecular formula is C12H15BrN2. The summed E-state index contributed by atoms with van der Waals surface area (Å²) in [6.45, 7) is 6.50. The largest absolute Gasteiger partial charge is 0.342 e. The summed E-state index contributed by atoms with van der Waals surface area (Å²) in [4.78, 5) is 7.98. The zero-order valence-electron chi connectivity index (χ0n) is 9.26. The number of hydrogen-bond donors (Lipinski definition) is 1. The number of aryl methyl sites for hydroxylation is 1. The molecule has 0 saturated carbocycles. The lowest BCUT2D eigenvalue weighted by Gasteiger charge is -1.98. The van der Waals surface area contributed by atoms with E-state index in [4.69, 9.17) is 0 Å². The van der Waals surface area contributed by atoms with Crippen LogP contribution in [0.3, 0.4) is 0 Å². The van der Waals surface area contributed by atoms with Gasteiger partial charge in [-0.15, -0.1) is 0 Å². The van der Waals surface area contributed by atoms with E-state index in [9.17, 15) is 0 Å². The highest BCUT2D eigenvalue weighted by molar-refractivity contribution is 9.10. The monoisotopic (exact) mass is 266 g/mol. The number of nitrogens with zero attached hydrogens (tertiary/aromatic N) is 1. The first kappa shape index (κ1) is 10.7. The molecule has 0 fully saturated rings. The third kappa shape index (κ3) is 2.23. The fourth-order valence-electron chi connectivity index (χ4n) is 1.78. The number of nitrogens with one attached hydrogen (secondary N) is 1. The molecule has 0 unspecified atom stereocenters. The highest BCUT2D eigenvalue weighted by Gasteiger charge is 2.07. The van der Waals surface area contributed by atoms with Crippen LogP contribution in [0, 0.1) is 12.8 Å². The van der Waals surface area contributed by atoms with Gasteiger partial charge in [0.2, 0.25) is 0 Å². The standard InChI is InChI=1S/C12H15BrN2/c1-7(2)4-11-14-10-6-9(13)5-8(3)12(10)15-11/h5-7H,4H2,1-3H3,(H,14,15). The average molecular weight is 267 g/mol. The summed E-state index contributed by atoms with van der Waals surface area (Å²) in [6.07, 6.45) is 1.01. The first-order chi connectivity index (χ1) is 7.06. The lowest BCUT2D eigenvalue weighted by atomic mass is 10.1. The summed E-state index contributed by atoms with van der Waals surface area (Å²) < 4.78 is 1.10. The molecule has 15 heavy (non-hydrogen) atoms. The summed E-state index contributed by atoms with van der Waals surface area (Å²) in [7, 11) is 0. The van der Waals surface area contributed by atoms with Gasteiger partial charge in [-0.25, -0.2) is 4.98 Å². The molecule has 1 aromatic heterocycles. The Kier molecular flexibility index (Phi) is 2.83. The fraction of sp³-hybridized carbons (Fsp3) is 0.417. The minimum atomic E-state index is 0.634. The molecule has 1 heterocycles. The van der Waals surface area contributed by atoms with Gasteiger partial charge in [0, 0.05) is 10.9 Å². The Hall–Kier alpha value is -0.830. The number of aromatic nitrogens is 2. The Morgan fingerprint density at radius 3 is 2.80 bits per heavy atom. The van der Waals surface area contributed by atoms with Gasteiger partial charge in [-0.2, -0.15) is 0 Å². The molecule has 2 rings (SSSR count). The maximum absolute atomic E-state index is 4.62. The second kappa shape index (κ2) is 3.97. The van der Waals surface area contributed by atoms with Gasteiger partial charge in [-0.05, 0) is 30.5 Å². The highest BCUT2D eigenvalue weighted by Crippen LogP contribution is 2.22. The van der Waals surface area contributed by atoms with Crippen molar-refractivity contribution in [2.75, 3.05) is 0 Å².